The average molecular weight is 680 g/mol. The Hall–Kier alpha value is -6.62. The Kier molecular flexibility index (Phi) is 5.65. The molecule has 0 fully saturated rings. The van der Waals surface area contributed by atoms with Crippen LogP contribution in [0.4, 0.5) is 0 Å². The minimum Gasteiger partial charge on any atom is -0.309 e. The van der Waals surface area contributed by atoms with Gasteiger partial charge in [-0.3, -0.25) is 0 Å². The van der Waals surface area contributed by atoms with Crippen molar-refractivity contribution < 1.29 is 0 Å². The van der Waals surface area contributed by atoms with Crippen LogP contribution in [-0.2, 0) is 0 Å². The van der Waals surface area contributed by atoms with Gasteiger partial charge in [0, 0.05) is 69.6 Å². The van der Waals surface area contributed by atoms with Gasteiger partial charge in [0.2, 0.25) is 0 Å². The topological polar surface area (TPSA) is 14.8 Å². The second-order valence-corrected chi connectivity index (χ2v) is 14.8. The molecule has 0 N–H and O–H groups in total. The quantitative estimate of drug-likeness (QED) is 0.177. The Morgan fingerprint density at radius 2 is 0.750 bits per heavy atom. The molecule has 0 unspecified atom stereocenters. The summed E-state index contributed by atoms with van der Waals surface area (Å²) < 4.78 is 9.93. The molecular formula is C48H29N3S. The molecule has 3 nitrogen and oxygen atoms in total. The Labute approximate surface area is 302 Å². The molecule has 0 aliphatic rings. The zero-order valence-electron chi connectivity index (χ0n) is 28.0. The van der Waals surface area contributed by atoms with Crippen LogP contribution < -0.4 is 0 Å². The lowest BCUT2D eigenvalue weighted by atomic mass is 10.1. The van der Waals surface area contributed by atoms with E-state index in [1.54, 1.807) is 0 Å². The molecular weight excluding hydrogens is 651 g/mol. The van der Waals surface area contributed by atoms with E-state index in [-0.39, 0.29) is 0 Å². The largest absolute Gasteiger partial charge is 0.309 e. The van der Waals surface area contributed by atoms with E-state index in [1.807, 2.05) is 11.3 Å². The third kappa shape index (κ3) is 3.74. The van der Waals surface area contributed by atoms with Gasteiger partial charge in [0.15, 0.2) is 0 Å². The maximum atomic E-state index is 2.49. The van der Waals surface area contributed by atoms with E-state index in [0.717, 1.165) is 5.69 Å². The molecule has 242 valence electrons. The molecule has 4 heterocycles. The number of fused-ring (bicyclic) bond motifs is 13. The van der Waals surface area contributed by atoms with Gasteiger partial charge in [0.05, 0.1) is 33.1 Å². The van der Waals surface area contributed by atoms with Crippen molar-refractivity contribution in [3.63, 3.8) is 0 Å². The average Bonchev–Trinajstić information content (AvgIpc) is 3.94. The highest BCUT2D eigenvalue weighted by Gasteiger charge is 2.21. The van der Waals surface area contributed by atoms with Crippen molar-refractivity contribution in [1.82, 2.24) is 13.7 Å². The van der Waals surface area contributed by atoms with Crippen molar-refractivity contribution in [2.24, 2.45) is 0 Å². The molecule has 0 aliphatic carbocycles. The first kappa shape index (κ1) is 28.1. The van der Waals surface area contributed by atoms with Crippen LogP contribution in [0.25, 0.3) is 103 Å². The highest BCUT2D eigenvalue weighted by molar-refractivity contribution is 7.26. The fraction of sp³-hybridized carbons (Fsp3) is 0. The zero-order chi connectivity index (χ0) is 33.9. The normalized spacial score (nSPS) is 12.2. The summed E-state index contributed by atoms with van der Waals surface area (Å²) >= 11 is 1.88. The summed E-state index contributed by atoms with van der Waals surface area (Å²) in [6.07, 6.45) is 0. The van der Waals surface area contributed by atoms with Crippen LogP contribution >= 0.6 is 11.3 Å². The monoisotopic (exact) mass is 679 g/mol. The number of thiophene rings is 1. The van der Waals surface area contributed by atoms with Gasteiger partial charge in [-0.25, -0.2) is 0 Å². The van der Waals surface area contributed by atoms with Gasteiger partial charge in [-0.1, -0.05) is 97.1 Å². The number of benzene rings is 8. The summed E-state index contributed by atoms with van der Waals surface area (Å²) in [7, 11) is 0. The summed E-state index contributed by atoms with van der Waals surface area (Å²) in [5.41, 5.74) is 10.9. The van der Waals surface area contributed by atoms with Crippen LogP contribution in [0, 0.1) is 0 Å². The van der Waals surface area contributed by atoms with Crippen LogP contribution in [0.2, 0.25) is 0 Å². The van der Waals surface area contributed by atoms with Gasteiger partial charge < -0.3 is 13.7 Å². The van der Waals surface area contributed by atoms with Crippen LogP contribution in [0.15, 0.2) is 176 Å². The lowest BCUT2D eigenvalue weighted by Crippen LogP contribution is -1.96. The van der Waals surface area contributed by atoms with E-state index in [0.29, 0.717) is 0 Å². The SMILES string of the molecule is c1ccc(-n2c3ccc(-n4c5ccccc5c5ccccc54)cc3c3ccc4sc5ccc(-n6c7ccccc7c7ccccc76)cc5c4c32)cc1. The number of nitrogens with zero attached hydrogens (tertiary/aromatic N) is 3. The smallest absolute Gasteiger partial charge is 0.0634 e. The van der Waals surface area contributed by atoms with E-state index in [2.05, 4.69) is 190 Å². The summed E-state index contributed by atoms with van der Waals surface area (Å²) in [5.74, 6) is 0. The van der Waals surface area contributed by atoms with Gasteiger partial charge >= 0.3 is 0 Å². The highest BCUT2D eigenvalue weighted by Crippen LogP contribution is 2.45. The number of hydrogen-bond acceptors (Lipinski definition) is 1. The molecule has 4 aromatic heterocycles. The Morgan fingerprint density at radius 1 is 0.288 bits per heavy atom. The molecule has 52 heavy (non-hydrogen) atoms. The Bertz CT molecular complexity index is 3300. The first-order chi connectivity index (χ1) is 25.8. The predicted octanol–water partition coefficient (Wildman–Crippen LogP) is 13.3. The van der Waals surface area contributed by atoms with Crippen LogP contribution in [-0.4, -0.2) is 13.7 Å². The van der Waals surface area contributed by atoms with E-state index in [4.69, 9.17) is 0 Å². The van der Waals surface area contributed by atoms with Crippen molar-refractivity contribution >= 4 is 96.9 Å². The number of rotatable bonds is 3. The summed E-state index contributed by atoms with van der Waals surface area (Å²) in [4.78, 5) is 0. The standard InChI is InChI=1S/C48H29N3S/c1-2-12-30(13-3-1)51-44-25-22-31(49-40-18-8-4-14-33(40)34-15-5-9-19-41(34)49)28-38(44)37-24-27-46-47(48(37)51)39-29-32(23-26-45(39)52-46)50-42-20-10-6-16-35(42)36-17-7-11-21-43(36)50/h1-29H. The molecule has 0 bridgehead atoms. The van der Waals surface area contributed by atoms with Gasteiger partial charge in [-0.2, -0.15) is 0 Å². The first-order valence-corrected chi connectivity index (χ1v) is 18.6. The lowest BCUT2D eigenvalue weighted by Gasteiger charge is -2.11. The molecule has 12 aromatic rings. The van der Waals surface area contributed by atoms with E-state index < -0.39 is 0 Å². The molecule has 12 rings (SSSR count). The minimum atomic E-state index is 1.16. The summed E-state index contributed by atoms with van der Waals surface area (Å²) in [5, 5.41) is 10.2. The first-order valence-electron chi connectivity index (χ1n) is 17.8. The van der Waals surface area contributed by atoms with Crippen LogP contribution in [0.1, 0.15) is 0 Å². The summed E-state index contributed by atoms with van der Waals surface area (Å²) in [6.45, 7) is 0. The molecule has 8 aromatic carbocycles. The van der Waals surface area contributed by atoms with Crippen LogP contribution in [0.3, 0.4) is 0 Å². The molecule has 0 spiro atoms. The van der Waals surface area contributed by atoms with Crippen molar-refractivity contribution in [2.75, 3.05) is 0 Å². The van der Waals surface area contributed by atoms with Crippen molar-refractivity contribution in [3.8, 4) is 17.1 Å². The maximum absolute atomic E-state index is 2.49. The van der Waals surface area contributed by atoms with Crippen LogP contribution in [0.5, 0.6) is 0 Å². The minimum absolute atomic E-state index is 1.16. The lowest BCUT2D eigenvalue weighted by molar-refractivity contribution is 1.17. The third-order valence-corrected chi connectivity index (χ3v) is 12.2. The maximum Gasteiger partial charge on any atom is 0.0634 e. The Balaban J connectivity index is 1.19. The van der Waals surface area contributed by atoms with Gasteiger partial charge in [0.1, 0.15) is 0 Å². The van der Waals surface area contributed by atoms with Gasteiger partial charge in [-0.15, -0.1) is 11.3 Å². The summed E-state index contributed by atoms with van der Waals surface area (Å²) in [6, 6.07) is 64.6. The van der Waals surface area contributed by atoms with Gasteiger partial charge in [-0.05, 0) is 78.9 Å². The second-order valence-electron chi connectivity index (χ2n) is 13.7. The number of para-hydroxylation sites is 5. The third-order valence-electron chi connectivity index (χ3n) is 11.0. The van der Waals surface area contributed by atoms with E-state index in [9.17, 15) is 0 Å². The molecule has 0 radical (unpaired) electrons. The van der Waals surface area contributed by atoms with Crippen molar-refractivity contribution in [1.29, 1.82) is 0 Å². The second kappa shape index (κ2) is 10.5. The van der Waals surface area contributed by atoms with Crippen molar-refractivity contribution in [3.05, 3.63) is 176 Å². The van der Waals surface area contributed by atoms with E-state index >= 15 is 0 Å². The molecule has 0 saturated heterocycles. The predicted molar refractivity (Wildman–Crippen MR) is 222 cm³/mol. The fourth-order valence-corrected chi connectivity index (χ4v) is 9.96. The number of aromatic nitrogens is 3. The van der Waals surface area contributed by atoms with E-state index in [1.165, 1.54) is 97.0 Å². The molecule has 0 aliphatic heterocycles. The zero-order valence-corrected chi connectivity index (χ0v) is 28.8. The fourth-order valence-electron chi connectivity index (χ4n) is 8.87. The number of hydrogen-bond donors (Lipinski definition) is 0. The molecule has 0 saturated carbocycles. The van der Waals surface area contributed by atoms with Crippen molar-refractivity contribution in [2.45, 2.75) is 0 Å². The highest BCUT2D eigenvalue weighted by atomic mass is 32.1. The molecule has 4 heteroatoms. The van der Waals surface area contributed by atoms with Gasteiger partial charge in [0.25, 0.3) is 0 Å². The molecule has 0 atom stereocenters. The Morgan fingerprint density at radius 3 is 1.33 bits per heavy atom. The molecule has 0 amide bonds.